The van der Waals surface area contributed by atoms with Crippen molar-refractivity contribution in [1.29, 1.82) is 5.41 Å². The molecule has 1 aromatic carbocycles. The first-order valence-electron chi connectivity index (χ1n) is 7.27. The minimum absolute atomic E-state index is 0.145. The number of nitrogens with zero attached hydrogens (tertiary/aromatic N) is 2. The number of pyridine rings is 1. The molecule has 4 nitrogen and oxygen atoms in total. The van der Waals surface area contributed by atoms with E-state index in [9.17, 15) is 5.11 Å². The Kier molecular flexibility index (Phi) is 4.15. The zero-order valence-corrected chi connectivity index (χ0v) is 13.2. The van der Waals surface area contributed by atoms with E-state index in [4.69, 9.17) is 5.41 Å². The van der Waals surface area contributed by atoms with Crippen LogP contribution in [0.1, 0.15) is 25.3 Å². The van der Waals surface area contributed by atoms with E-state index < -0.39 is 0 Å². The topological polar surface area (TPSA) is 69.9 Å². The second kappa shape index (κ2) is 6.23. The summed E-state index contributed by atoms with van der Waals surface area (Å²) >= 11 is 1.52. The van der Waals surface area contributed by atoms with E-state index in [-0.39, 0.29) is 5.75 Å². The predicted octanol–water partition coefficient (Wildman–Crippen LogP) is 4.43. The third-order valence-corrected chi connectivity index (χ3v) is 4.44. The van der Waals surface area contributed by atoms with Gasteiger partial charge in [0.1, 0.15) is 16.5 Å². The molecule has 0 aliphatic rings. The van der Waals surface area contributed by atoms with Crippen molar-refractivity contribution in [2.75, 3.05) is 0 Å². The summed E-state index contributed by atoms with van der Waals surface area (Å²) < 4.78 is 1.06. The van der Waals surface area contributed by atoms with Crippen molar-refractivity contribution in [2.24, 2.45) is 0 Å². The highest BCUT2D eigenvalue weighted by molar-refractivity contribution is 7.21. The van der Waals surface area contributed by atoms with Crippen molar-refractivity contribution in [2.45, 2.75) is 26.2 Å². The van der Waals surface area contributed by atoms with E-state index in [1.54, 1.807) is 18.3 Å². The summed E-state index contributed by atoms with van der Waals surface area (Å²) in [6.07, 6.45) is 4.18. The third kappa shape index (κ3) is 2.99. The molecule has 5 heteroatoms. The van der Waals surface area contributed by atoms with Gasteiger partial charge >= 0.3 is 0 Å². The number of thiazole rings is 1. The SMILES string of the molecule is CCCC(=N)Cc1ccc2nc(-c3ncccc3O)sc2c1. The van der Waals surface area contributed by atoms with Gasteiger partial charge < -0.3 is 10.5 Å². The van der Waals surface area contributed by atoms with Gasteiger partial charge in [0.15, 0.2) is 0 Å². The van der Waals surface area contributed by atoms with E-state index in [0.29, 0.717) is 17.1 Å². The van der Waals surface area contributed by atoms with Gasteiger partial charge in [0, 0.05) is 18.3 Å². The summed E-state index contributed by atoms with van der Waals surface area (Å²) in [6, 6.07) is 9.40. The molecule has 2 aromatic heterocycles. The van der Waals surface area contributed by atoms with Crippen LogP contribution in [0, 0.1) is 5.41 Å². The van der Waals surface area contributed by atoms with Crippen molar-refractivity contribution < 1.29 is 5.11 Å². The molecule has 2 heterocycles. The first-order valence-corrected chi connectivity index (χ1v) is 8.09. The maximum atomic E-state index is 9.90. The largest absolute Gasteiger partial charge is 0.506 e. The van der Waals surface area contributed by atoms with Gasteiger partial charge in [0.25, 0.3) is 0 Å². The zero-order valence-electron chi connectivity index (χ0n) is 12.3. The standard InChI is InChI=1S/C17H17N3OS/c1-2-4-12(18)9-11-6-7-13-15(10-11)22-17(20-13)16-14(21)5-3-8-19-16/h3,5-8,10,18,21H,2,4,9H2,1H3. The maximum absolute atomic E-state index is 9.90. The molecule has 0 unspecified atom stereocenters. The monoisotopic (exact) mass is 311 g/mol. The van der Waals surface area contributed by atoms with Crippen LogP contribution in [0.4, 0.5) is 0 Å². The lowest BCUT2D eigenvalue weighted by Crippen LogP contribution is -2.00. The summed E-state index contributed by atoms with van der Waals surface area (Å²) in [4.78, 5) is 8.75. The highest BCUT2D eigenvalue weighted by Crippen LogP contribution is 2.33. The van der Waals surface area contributed by atoms with Crippen molar-refractivity contribution in [1.82, 2.24) is 9.97 Å². The van der Waals surface area contributed by atoms with Crippen LogP contribution in [-0.4, -0.2) is 20.8 Å². The van der Waals surface area contributed by atoms with Crippen molar-refractivity contribution in [3.63, 3.8) is 0 Å². The first-order chi connectivity index (χ1) is 10.7. The fourth-order valence-corrected chi connectivity index (χ4v) is 3.41. The normalized spacial score (nSPS) is 11.0. The lowest BCUT2D eigenvalue weighted by molar-refractivity contribution is 0.475. The zero-order chi connectivity index (χ0) is 15.5. The second-order valence-corrected chi connectivity index (χ2v) is 6.25. The fourth-order valence-electron chi connectivity index (χ4n) is 2.38. The van der Waals surface area contributed by atoms with Crippen molar-refractivity contribution in [3.8, 4) is 16.5 Å². The molecule has 22 heavy (non-hydrogen) atoms. The molecule has 0 amide bonds. The third-order valence-electron chi connectivity index (χ3n) is 3.41. The highest BCUT2D eigenvalue weighted by atomic mass is 32.1. The van der Waals surface area contributed by atoms with Gasteiger partial charge in [-0.25, -0.2) is 9.97 Å². The number of hydrogen-bond donors (Lipinski definition) is 2. The van der Waals surface area contributed by atoms with Crippen LogP contribution in [0.3, 0.4) is 0 Å². The summed E-state index contributed by atoms with van der Waals surface area (Å²) in [5, 5.41) is 18.6. The summed E-state index contributed by atoms with van der Waals surface area (Å²) in [5.41, 5.74) is 3.31. The Morgan fingerprint density at radius 3 is 2.95 bits per heavy atom. The Morgan fingerprint density at radius 2 is 2.18 bits per heavy atom. The molecule has 0 bridgehead atoms. The van der Waals surface area contributed by atoms with Gasteiger partial charge in [0.2, 0.25) is 0 Å². The maximum Gasteiger partial charge on any atom is 0.146 e. The molecule has 112 valence electrons. The Hall–Kier alpha value is -2.27. The van der Waals surface area contributed by atoms with E-state index in [1.165, 1.54) is 11.3 Å². The van der Waals surface area contributed by atoms with E-state index in [2.05, 4.69) is 23.0 Å². The van der Waals surface area contributed by atoms with E-state index >= 15 is 0 Å². The highest BCUT2D eigenvalue weighted by Gasteiger charge is 2.12. The Labute approximate surface area is 133 Å². The summed E-state index contributed by atoms with van der Waals surface area (Å²) in [5.74, 6) is 0.145. The number of nitrogens with one attached hydrogen (secondary N) is 1. The van der Waals surface area contributed by atoms with Crippen LogP contribution >= 0.6 is 11.3 Å². The molecule has 2 N–H and O–H groups in total. The van der Waals surface area contributed by atoms with Crippen LogP contribution in [-0.2, 0) is 6.42 Å². The number of benzene rings is 1. The van der Waals surface area contributed by atoms with Crippen LogP contribution < -0.4 is 0 Å². The quantitative estimate of drug-likeness (QED) is 0.685. The Morgan fingerprint density at radius 1 is 1.32 bits per heavy atom. The van der Waals surface area contributed by atoms with Gasteiger partial charge in [-0.1, -0.05) is 19.4 Å². The Bertz CT molecular complexity index is 826. The molecule has 3 aromatic rings. The molecular weight excluding hydrogens is 294 g/mol. The van der Waals surface area contributed by atoms with E-state index in [0.717, 1.165) is 34.3 Å². The van der Waals surface area contributed by atoms with Gasteiger partial charge in [-0.3, -0.25) is 0 Å². The molecule has 0 spiro atoms. The lowest BCUT2D eigenvalue weighted by Gasteiger charge is -2.02. The van der Waals surface area contributed by atoms with Gasteiger partial charge in [-0.05, 0) is 36.2 Å². The van der Waals surface area contributed by atoms with Crippen LogP contribution in [0.5, 0.6) is 5.75 Å². The average molecular weight is 311 g/mol. The molecular formula is C17H17N3OS. The van der Waals surface area contributed by atoms with Crippen LogP contribution in [0.15, 0.2) is 36.5 Å². The lowest BCUT2D eigenvalue weighted by atomic mass is 10.1. The summed E-state index contributed by atoms with van der Waals surface area (Å²) in [7, 11) is 0. The minimum Gasteiger partial charge on any atom is -0.506 e. The summed E-state index contributed by atoms with van der Waals surface area (Å²) in [6.45, 7) is 2.09. The van der Waals surface area contributed by atoms with Crippen LogP contribution in [0.25, 0.3) is 20.9 Å². The first kappa shape index (κ1) is 14.7. The molecule has 0 atom stereocenters. The van der Waals surface area contributed by atoms with Gasteiger partial charge in [-0.15, -0.1) is 11.3 Å². The molecule has 0 aliphatic carbocycles. The molecule has 0 aliphatic heterocycles. The number of rotatable bonds is 5. The van der Waals surface area contributed by atoms with Gasteiger partial charge in [-0.2, -0.15) is 0 Å². The smallest absolute Gasteiger partial charge is 0.146 e. The fraction of sp³-hybridized carbons (Fsp3) is 0.235. The Balaban J connectivity index is 1.94. The average Bonchev–Trinajstić information content (AvgIpc) is 2.90. The number of aromatic nitrogens is 2. The second-order valence-electron chi connectivity index (χ2n) is 5.22. The van der Waals surface area contributed by atoms with Crippen molar-refractivity contribution in [3.05, 3.63) is 42.1 Å². The van der Waals surface area contributed by atoms with Crippen molar-refractivity contribution >= 4 is 27.3 Å². The molecule has 0 fully saturated rings. The van der Waals surface area contributed by atoms with Crippen LogP contribution in [0.2, 0.25) is 0 Å². The molecule has 0 saturated carbocycles. The number of fused-ring (bicyclic) bond motifs is 1. The molecule has 0 saturated heterocycles. The van der Waals surface area contributed by atoms with Gasteiger partial charge in [0.05, 0.1) is 10.2 Å². The van der Waals surface area contributed by atoms with E-state index in [1.807, 2.05) is 12.1 Å². The minimum atomic E-state index is 0.145. The molecule has 3 rings (SSSR count). The molecule has 0 radical (unpaired) electrons. The number of aromatic hydroxyl groups is 1. The number of hydrogen-bond acceptors (Lipinski definition) is 5. The predicted molar refractivity (Wildman–Crippen MR) is 90.9 cm³/mol.